The van der Waals surface area contributed by atoms with E-state index in [0.717, 1.165) is 10.9 Å². The number of rotatable bonds is 3. The smallest absolute Gasteiger partial charge is 0.276 e. The van der Waals surface area contributed by atoms with E-state index in [0.29, 0.717) is 16.9 Å². The highest BCUT2D eigenvalue weighted by Crippen LogP contribution is 2.17. The van der Waals surface area contributed by atoms with Crippen molar-refractivity contribution in [1.82, 2.24) is 10.2 Å². The number of benzene rings is 2. The Morgan fingerprint density at radius 3 is 2.48 bits per heavy atom. The van der Waals surface area contributed by atoms with Crippen LogP contribution in [0.25, 0.3) is 10.9 Å². The minimum atomic E-state index is -0.289. The summed E-state index contributed by atoms with van der Waals surface area (Å²) in [5.41, 5.74) is 2.39. The Morgan fingerprint density at radius 1 is 1.05 bits per heavy atom. The summed E-state index contributed by atoms with van der Waals surface area (Å²) < 4.78 is 0. The summed E-state index contributed by atoms with van der Waals surface area (Å²) in [4.78, 5) is 23.5. The number of aromatic amines is 1. The highest BCUT2D eigenvalue weighted by molar-refractivity contribution is 6.11. The largest absolute Gasteiger partial charge is 0.321 e. The molecule has 0 radical (unpaired) electrons. The van der Waals surface area contributed by atoms with E-state index in [1.807, 2.05) is 24.3 Å². The second-order valence-electron chi connectivity index (χ2n) is 4.71. The average molecular weight is 279 g/mol. The number of hydrogen-bond acceptors (Lipinski definition) is 3. The third-order valence-corrected chi connectivity index (χ3v) is 3.23. The van der Waals surface area contributed by atoms with Crippen molar-refractivity contribution in [2.45, 2.75) is 6.92 Å². The number of H-pyrrole nitrogens is 1. The summed E-state index contributed by atoms with van der Waals surface area (Å²) in [5, 5.41) is 10.4. The third kappa shape index (κ3) is 2.53. The molecule has 1 amide bonds. The van der Waals surface area contributed by atoms with Gasteiger partial charge in [0.15, 0.2) is 11.5 Å². The summed E-state index contributed by atoms with van der Waals surface area (Å²) >= 11 is 0. The van der Waals surface area contributed by atoms with E-state index >= 15 is 0 Å². The molecule has 0 bridgehead atoms. The maximum Gasteiger partial charge on any atom is 0.276 e. The Balaban J connectivity index is 1.84. The molecule has 104 valence electrons. The first-order valence-corrected chi connectivity index (χ1v) is 6.50. The molecule has 0 saturated heterocycles. The number of amides is 1. The third-order valence-electron chi connectivity index (χ3n) is 3.23. The van der Waals surface area contributed by atoms with Crippen molar-refractivity contribution in [3.05, 3.63) is 59.8 Å². The quantitative estimate of drug-likeness (QED) is 0.724. The van der Waals surface area contributed by atoms with Gasteiger partial charge in [-0.2, -0.15) is 5.10 Å². The van der Waals surface area contributed by atoms with Crippen molar-refractivity contribution in [3.63, 3.8) is 0 Å². The van der Waals surface area contributed by atoms with Crippen LogP contribution in [-0.4, -0.2) is 21.9 Å². The number of carbonyl (C=O) groups excluding carboxylic acids is 2. The van der Waals surface area contributed by atoms with Gasteiger partial charge in [-0.05, 0) is 37.3 Å². The molecular formula is C16H13N3O2. The first-order valence-electron chi connectivity index (χ1n) is 6.50. The predicted molar refractivity (Wildman–Crippen MR) is 80.5 cm³/mol. The number of para-hydroxylation sites is 1. The molecule has 5 heteroatoms. The standard InChI is InChI=1S/C16H13N3O2/c1-10(20)11-6-8-12(9-7-11)17-16(21)15-13-4-2-3-5-14(13)18-19-15/h2-9H,1H3,(H,17,21)(H,18,19). The van der Waals surface area contributed by atoms with Crippen molar-refractivity contribution < 1.29 is 9.59 Å². The van der Waals surface area contributed by atoms with Crippen LogP contribution in [0, 0.1) is 0 Å². The SMILES string of the molecule is CC(=O)c1ccc(NC(=O)c2n[nH]c3ccccc23)cc1. The summed E-state index contributed by atoms with van der Waals surface area (Å²) in [5.74, 6) is -0.297. The maximum atomic E-state index is 12.2. The molecule has 0 atom stereocenters. The second-order valence-corrected chi connectivity index (χ2v) is 4.71. The molecule has 3 aromatic rings. The highest BCUT2D eigenvalue weighted by atomic mass is 16.2. The molecule has 0 aliphatic rings. The van der Waals surface area contributed by atoms with Crippen LogP contribution in [0.15, 0.2) is 48.5 Å². The lowest BCUT2D eigenvalue weighted by Crippen LogP contribution is -2.12. The molecule has 0 spiro atoms. The van der Waals surface area contributed by atoms with Gasteiger partial charge in [-0.1, -0.05) is 18.2 Å². The predicted octanol–water partition coefficient (Wildman–Crippen LogP) is 3.02. The maximum absolute atomic E-state index is 12.2. The highest BCUT2D eigenvalue weighted by Gasteiger charge is 2.13. The first-order chi connectivity index (χ1) is 10.1. The molecule has 1 heterocycles. The molecule has 0 saturated carbocycles. The fraction of sp³-hybridized carbons (Fsp3) is 0.0625. The Kier molecular flexibility index (Phi) is 3.23. The van der Waals surface area contributed by atoms with Gasteiger partial charge in [-0.25, -0.2) is 0 Å². The van der Waals surface area contributed by atoms with Gasteiger partial charge < -0.3 is 5.32 Å². The van der Waals surface area contributed by atoms with Crippen molar-refractivity contribution in [2.75, 3.05) is 5.32 Å². The van der Waals surface area contributed by atoms with Gasteiger partial charge in [0.05, 0.1) is 5.52 Å². The second kappa shape index (κ2) is 5.20. The number of aromatic nitrogens is 2. The molecule has 3 rings (SSSR count). The number of nitrogens with zero attached hydrogens (tertiary/aromatic N) is 1. The lowest BCUT2D eigenvalue weighted by atomic mass is 10.1. The molecule has 5 nitrogen and oxygen atoms in total. The van der Waals surface area contributed by atoms with E-state index in [1.54, 1.807) is 24.3 Å². The van der Waals surface area contributed by atoms with Crippen LogP contribution in [0.4, 0.5) is 5.69 Å². The molecular weight excluding hydrogens is 266 g/mol. The Bertz CT molecular complexity index is 819. The van der Waals surface area contributed by atoms with Crippen LogP contribution in [0.3, 0.4) is 0 Å². The minimum Gasteiger partial charge on any atom is -0.321 e. The van der Waals surface area contributed by atoms with Crippen LogP contribution in [0.2, 0.25) is 0 Å². The molecule has 0 unspecified atom stereocenters. The van der Waals surface area contributed by atoms with Gasteiger partial charge in [0, 0.05) is 16.6 Å². The van der Waals surface area contributed by atoms with E-state index in [1.165, 1.54) is 6.92 Å². The Hall–Kier alpha value is -2.95. The van der Waals surface area contributed by atoms with E-state index in [9.17, 15) is 9.59 Å². The number of fused-ring (bicyclic) bond motifs is 1. The molecule has 2 N–H and O–H groups in total. The van der Waals surface area contributed by atoms with E-state index in [2.05, 4.69) is 15.5 Å². The van der Waals surface area contributed by atoms with Crippen molar-refractivity contribution >= 4 is 28.3 Å². The van der Waals surface area contributed by atoms with Gasteiger partial charge >= 0.3 is 0 Å². The average Bonchev–Trinajstić information content (AvgIpc) is 2.92. The van der Waals surface area contributed by atoms with E-state index < -0.39 is 0 Å². The monoisotopic (exact) mass is 279 g/mol. The van der Waals surface area contributed by atoms with Crippen LogP contribution >= 0.6 is 0 Å². The molecule has 0 aliphatic carbocycles. The van der Waals surface area contributed by atoms with Crippen LogP contribution < -0.4 is 5.32 Å². The van der Waals surface area contributed by atoms with Crippen LogP contribution in [0.5, 0.6) is 0 Å². The molecule has 2 aromatic carbocycles. The number of carbonyl (C=O) groups is 2. The fourth-order valence-corrected chi connectivity index (χ4v) is 2.12. The van der Waals surface area contributed by atoms with Crippen molar-refractivity contribution in [1.29, 1.82) is 0 Å². The number of ketones is 1. The Labute approximate surface area is 121 Å². The number of anilines is 1. The zero-order chi connectivity index (χ0) is 14.8. The van der Waals surface area contributed by atoms with Gasteiger partial charge in [-0.3, -0.25) is 14.7 Å². The molecule has 0 aliphatic heterocycles. The number of nitrogens with one attached hydrogen (secondary N) is 2. The minimum absolute atomic E-state index is 0.00817. The zero-order valence-corrected chi connectivity index (χ0v) is 11.4. The molecule has 21 heavy (non-hydrogen) atoms. The lowest BCUT2D eigenvalue weighted by molar-refractivity contribution is 0.101. The Morgan fingerprint density at radius 2 is 1.76 bits per heavy atom. The summed E-state index contributed by atoms with van der Waals surface area (Å²) in [6.07, 6.45) is 0. The van der Waals surface area contributed by atoms with Crippen LogP contribution in [0.1, 0.15) is 27.8 Å². The van der Waals surface area contributed by atoms with Gasteiger partial charge in [-0.15, -0.1) is 0 Å². The molecule has 1 aromatic heterocycles. The van der Waals surface area contributed by atoms with E-state index in [-0.39, 0.29) is 11.7 Å². The summed E-state index contributed by atoms with van der Waals surface area (Å²) in [7, 11) is 0. The van der Waals surface area contributed by atoms with Gasteiger partial charge in [0.25, 0.3) is 5.91 Å². The van der Waals surface area contributed by atoms with Crippen molar-refractivity contribution in [2.24, 2.45) is 0 Å². The lowest BCUT2D eigenvalue weighted by Gasteiger charge is -2.04. The van der Waals surface area contributed by atoms with Crippen LogP contribution in [-0.2, 0) is 0 Å². The van der Waals surface area contributed by atoms with Crippen molar-refractivity contribution in [3.8, 4) is 0 Å². The van der Waals surface area contributed by atoms with E-state index in [4.69, 9.17) is 0 Å². The normalized spacial score (nSPS) is 10.5. The zero-order valence-electron chi connectivity index (χ0n) is 11.4. The number of Topliss-reactive ketones (excluding diaryl/α,β-unsaturated/α-hetero) is 1. The number of hydrogen-bond donors (Lipinski definition) is 2. The van der Waals surface area contributed by atoms with Gasteiger partial charge in [0.2, 0.25) is 0 Å². The summed E-state index contributed by atoms with van der Waals surface area (Å²) in [6.45, 7) is 1.50. The molecule has 0 fully saturated rings. The van der Waals surface area contributed by atoms with Gasteiger partial charge in [0.1, 0.15) is 0 Å². The summed E-state index contributed by atoms with van der Waals surface area (Å²) in [6, 6.07) is 14.2. The first kappa shape index (κ1) is 13.1. The fourth-order valence-electron chi connectivity index (χ4n) is 2.12. The topological polar surface area (TPSA) is 74.8 Å².